The summed E-state index contributed by atoms with van der Waals surface area (Å²) >= 11 is 0. The van der Waals surface area contributed by atoms with Gasteiger partial charge in [-0.25, -0.2) is 14.8 Å². The first-order valence-corrected chi connectivity index (χ1v) is 4.37. The maximum absolute atomic E-state index is 11.4. The molecule has 2 amide bonds. The van der Waals surface area contributed by atoms with Gasteiger partial charge in [-0.1, -0.05) is 0 Å². The summed E-state index contributed by atoms with van der Waals surface area (Å²) in [6.07, 6.45) is 1.63. The van der Waals surface area contributed by atoms with E-state index in [9.17, 15) is 9.59 Å². The first-order chi connectivity index (χ1) is 7.59. The van der Waals surface area contributed by atoms with Gasteiger partial charge in [-0.05, 0) is 0 Å². The molecular weight excluding hydrogens is 214 g/mol. The van der Waals surface area contributed by atoms with E-state index in [-0.39, 0.29) is 24.7 Å². The van der Waals surface area contributed by atoms with Gasteiger partial charge >= 0.3 is 6.09 Å². The van der Waals surface area contributed by atoms with E-state index in [1.807, 2.05) is 0 Å². The average molecular weight is 225 g/mol. The third kappa shape index (κ3) is 3.78. The number of nitrogens with zero attached hydrogens (tertiary/aromatic N) is 2. The van der Waals surface area contributed by atoms with Crippen LogP contribution in [0.2, 0.25) is 0 Å². The molecule has 0 atom stereocenters. The lowest BCUT2D eigenvalue weighted by atomic mass is 10.4. The third-order valence-corrected chi connectivity index (χ3v) is 1.54. The van der Waals surface area contributed by atoms with Crippen molar-refractivity contribution < 1.29 is 14.3 Å². The smallest absolute Gasteiger partial charge is 0.404 e. The van der Waals surface area contributed by atoms with E-state index in [1.165, 1.54) is 12.4 Å². The highest BCUT2D eigenvalue weighted by molar-refractivity contribution is 5.91. The molecule has 86 valence electrons. The third-order valence-electron chi connectivity index (χ3n) is 1.54. The van der Waals surface area contributed by atoms with Crippen LogP contribution in [0.3, 0.4) is 0 Å². The number of nitrogens with one attached hydrogen (secondary N) is 1. The Morgan fingerprint density at radius 1 is 1.38 bits per heavy atom. The highest BCUT2D eigenvalue weighted by atomic mass is 16.5. The molecule has 0 saturated heterocycles. The summed E-state index contributed by atoms with van der Waals surface area (Å²) in [5.74, 6) is -0.200. The normalized spacial score (nSPS) is 9.50. The van der Waals surface area contributed by atoms with Gasteiger partial charge in [-0.15, -0.1) is 0 Å². The number of aromatic nitrogens is 2. The van der Waals surface area contributed by atoms with E-state index >= 15 is 0 Å². The van der Waals surface area contributed by atoms with Gasteiger partial charge < -0.3 is 21.5 Å². The van der Waals surface area contributed by atoms with Gasteiger partial charge in [0.2, 0.25) is 0 Å². The van der Waals surface area contributed by atoms with Gasteiger partial charge in [0.1, 0.15) is 18.1 Å². The molecule has 0 aromatic carbocycles. The zero-order valence-electron chi connectivity index (χ0n) is 8.34. The highest BCUT2D eigenvalue weighted by Crippen LogP contribution is 1.95. The Morgan fingerprint density at radius 2 is 2.12 bits per heavy atom. The monoisotopic (exact) mass is 225 g/mol. The molecule has 5 N–H and O–H groups in total. The van der Waals surface area contributed by atoms with Gasteiger partial charge in [-0.2, -0.15) is 0 Å². The van der Waals surface area contributed by atoms with Crippen LogP contribution < -0.4 is 16.8 Å². The molecule has 1 aromatic rings. The molecule has 16 heavy (non-hydrogen) atoms. The van der Waals surface area contributed by atoms with E-state index in [4.69, 9.17) is 11.5 Å². The molecular formula is C8H11N5O3. The molecule has 0 bridgehead atoms. The topological polar surface area (TPSA) is 133 Å². The lowest BCUT2D eigenvalue weighted by Gasteiger charge is -2.04. The SMILES string of the molecule is NC(=O)OCCNC(=O)c1cnc(N)cn1. The van der Waals surface area contributed by atoms with Crippen LogP contribution in [0.5, 0.6) is 0 Å². The number of ether oxygens (including phenoxy) is 1. The summed E-state index contributed by atoms with van der Waals surface area (Å²) in [5, 5.41) is 2.46. The van der Waals surface area contributed by atoms with E-state index in [2.05, 4.69) is 20.0 Å². The second-order valence-electron chi connectivity index (χ2n) is 2.75. The zero-order chi connectivity index (χ0) is 12.0. The van der Waals surface area contributed by atoms with Gasteiger partial charge in [0.25, 0.3) is 5.91 Å². The molecule has 8 nitrogen and oxygen atoms in total. The number of primary amides is 1. The number of hydrogen-bond acceptors (Lipinski definition) is 6. The molecule has 0 aliphatic rings. The maximum atomic E-state index is 11.4. The number of carbonyl (C=O) groups is 2. The molecule has 8 heteroatoms. The fourth-order valence-electron chi connectivity index (χ4n) is 0.862. The summed E-state index contributed by atoms with van der Waals surface area (Å²) in [7, 11) is 0. The van der Waals surface area contributed by atoms with Crippen LogP contribution in [0.25, 0.3) is 0 Å². The second-order valence-corrected chi connectivity index (χ2v) is 2.75. The van der Waals surface area contributed by atoms with Crippen LogP contribution in [0.15, 0.2) is 12.4 Å². The van der Waals surface area contributed by atoms with Crippen LogP contribution in [0.1, 0.15) is 10.5 Å². The van der Waals surface area contributed by atoms with E-state index in [1.54, 1.807) is 0 Å². The number of rotatable bonds is 4. The summed E-state index contributed by atoms with van der Waals surface area (Å²) in [6.45, 7) is 0.150. The molecule has 0 aliphatic heterocycles. The van der Waals surface area contributed by atoms with Gasteiger partial charge in [0.15, 0.2) is 0 Å². The molecule has 0 aliphatic carbocycles. The summed E-state index contributed by atoms with van der Waals surface area (Å²) < 4.78 is 4.42. The fraction of sp³-hybridized carbons (Fsp3) is 0.250. The van der Waals surface area contributed by atoms with Crippen molar-refractivity contribution in [2.75, 3.05) is 18.9 Å². The van der Waals surface area contributed by atoms with Crippen molar-refractivity contribution in [2.45, 2.75) is 0 Å². The number of nitrogens with two attached hydrogens (primary N) is 2. The number of hydrogen-bond donors (Lipinski definition) is 3. The highest BCUT2D eigenvalue weighted by Gasteiger charge is 2.06. The van der Waals surface area contributed by atoms with E-state index in [0.29, 0.717) is 0 Å². The van der Waals surface area contributed by atoms with Crippen molar-refractivity contribution in [3.05, 3.63) is 18.1 Å². The molecule has 1 heterocycles. The van der Waals surface area contributed by atoms with E-state index in [0.717, 1.165) is 0 Å². The predicted molar refractivity (Wildman–Crippen MR) is 54.3 cm³/mol. The summed E-state index contributed by atoms with van der Waals surface area (Å²) in [6, 6.07) is 0. The first kappa shape index (κ1) is 11.7. The van der Waals surface area contributed by atoms with Gasteiger partial charge in [-0.3, -0.25) is 4.79 Å². The van der Waals surface area contributed by atoms with Crippen LogP contribution in [0.4, 0.5) is 10.6 Å². The summed E-state index contributed by atoms with van der Waals surface area (Å²) in [5.41, 5.74) is 10.2. The van der Waals surface area contributed by atoms with Crippen LogP contribution in [-0.2, 0) is 4.74 Å². The van der Waals surface area contributed by atoms with Crippen LogP contribution in [0, 0.1) is 0 Å². The van der Waals surface area contributed by atoms with Crippen molar-refractivity contribution in [3.8, 4) is 0 Å². The Hall–Kier alpha value is -2.38. The van der Waals surface area contributed by atoms with E-state index < -0.39 is 12.0 Å². The Morgan fingerprint density at radius 3 is 2.69 bits per heavy atom. The quantitative estimate of drug-likeness (QED) is 0.556. The van der Waals surface area contributed by atoms with Crippen LogP contribution >= 0.6 is 0 Å². The van der Waals surface area contributed by atoms with Gasteiger partial charge in [0.05, 0.1) is 18.9 Å². The predicted octanol–water partition coefficient (Wildman–Crippen LogP) is -1.12. The van der Waals surface area contributed by atoms with Crippen molar-refractivity contribution in [1.29, 1.82) is 0 Å². The van der Waals surface area contributed by atoms with Crippen molar-refractivity contribution in [2.24, 2.45) is 5.73 Å². The number of amides is 2. The number of nitrogen functional groups attached to an aromatic ring is 1. The minimum Gasteiger partial charge on any atom is -0.448 e. The van der Waals surface area contributed by atoms with Crippen LogP contribution in [-0.4, -0.2) is 35.1 Å². The lowest BCUT2D eigenvalue weighted by molar-refractivity contribution is 0.0931. The van der Waals surface area contributed by atoms with Crippen molar-refractivity contribution >= 4 is 17.8 Å². The Labute approximate surface area is 91.0 Å². The molecule has 0 saturated carbocycles. The molecule has 1 aromatic heterocycles. The first-order valence-electron chi connectivity index (χ1n) is 4.37. The Balaban J connectivity index is 2.35. The van der Waals surface area contributed by atoms with Gasteiger partial charge in [0, 0.05) is 0 Å². The largest absolute Gasteiger partial charge is 0.448 e. The minimum absolute atomic E-state index is 0.00345. The van der Waals surface area contributed by atoms with Crippen molar-refractivity contribution in [1.82, 2.24) is 15.3 Å². The molecule has 0 unspecified atom stereocenters. The lowest BCUT2D eigenvalue weighted by Crippen LogP contribution is -2.29. The average Bonchev–Trinajstić information content (AvgIpc) is 2.25. The summed E-state index contributed by atoms with van der Waals surface area (Å²) in [4.78, 5) is 29.0. The Bertz CT molecular complexity index is 378. The standard InChI is InChI=1S/C8H11N5O3/c9-6-4-12-5(3-13-6)7(14)11-1-2-16-8(10)15/h3-4H,1-2H2,(H2,9,13)(H2,10,15)(H,11,14). The molecule has 0 spiro atoms. The minimum atomic E-state index is -0.887. The fourth-order valence-corrected chi connectivity index (χ4v) is 0.862. The number of anilines is 1. The molecule has 0 fully saturated rings. The maximum Gasteiger partial charge on any atom is 0.404 e. The second kappa shape index (κ2) is 5.49. The van der Waals surface area contributed by atoms with Crippen molar-refractivity contribution in [3.63, 3.8) is 0 Å². The zero-order valence-corrected chi connectivity index (χ0v) is 8.34. The Kier molecular flexibility index (Phi) is 4.01. The number of carbonyl (C=O) groups excluding carboxylic acids is 2. The molecule has 0 radical (unpaired) electrons. The molecule has 1 rings (SSSR count).